The average Bonchev–Trinajstić information content (AvgIpc) is 2.79. The second-order valence-electron chi connectivity index (χ2n) is 3.61. The van der Waals surface area contributed by atoms with Crippen molar-refractivity contribution in [3.8, 4) is 0 Å². The smallest absolute Gasteiger partial charge is 0.271 e. The molecule has 1 aromatic carbocycles. The third kappa shape index (κ3) is 3.90. The van der Waals surface area contributed by atoms with Gasteiger partial charge >= 0.3 is 0 Å². The molecule has 108 valence electrons. The average molecular weight is 334 g/mol. The molecule has 0 aliphatic rings. The second kappa shape index (κ2) is 5.36. The van der Waals surface area contributed by atoms with Crippen LogP contribution in [0.5, 0.6) is 0 Å². The zero-order valence-electron chi connectivity index (χ0n) is 9.85. The van der Waals surface area contributed by atoms with Gasteiger partial charge in [0.1, 0.15) is 0 Å². The lowest BCUT2D eigenvalue weighted by Crippen LogP contribution is -2.21. The van der Waals surface area contributed by atoms with Gasteiger partial charge in [-0.15, -0.1) is 11.3 Å². The number of nitrogens with two attached hydrogens (primary N) is 1. The number of sulfonamides is 1. The maximum atomic E-state index is 12.0. The van der Waals surface area contributed by atoms with E-state index < -0.39 is 20.2 Å². The molecule has 0 spiro atoms. The number of hydrogen-bond donors (Lipinski definition) is 3. The second-order valence-corrected chi connectivity index (χ2v) is 7.49. The largest absolute Gasteiger partial charge is 0.296 e. The zero-order valence-corrected chi connectivity index (χ0v) is 12.3. The predicted molar refractivity (Wildman–Crippen MR) is 76.1 cm³/mol. The van der Waals surface area contributed by atoms with Crippen LogP contribution in [-0.4, -0.2) is 21.8 Å². The third-order valence-corrected chi connectivity index (χ3v) is 4.77. The minimum Gasteiger partial charge on any atom is -0.271 e. The number of nitrogens with zero attached hydrogens (tertiary/aromatic N) is 1. The molecule has 4 N–H and O–H groups in total. The van der Waals surface area contributed by atoms with E-state index in [9.17, 15) is 16.8 Å². The molecule has 0 fully saturated rings. The summed E-state index contributed by atoms with van der Waals surface area (Å²) in [5.41, 5.74) is 0.167. The molecule has 2 aromatic rings. The van der Waals surface area contributed by atoms with E-state index >= 15 is 0 Å². The number of hydrogen-bond acceptors (Lipinski definition) is 6. The van der Waals surface area contributed by atoms with Crippen molar-refractivity contribution in [1.29, 1.82) is 0 Å². The lowest BCUT2D eigenvalue weighted by molar-refractivity contribution is 0.600. The molecule has 8 nitrogen and oxygen atoms in total. The molecule has 1 aromatic heterocycles. The van der Waals surface area contributed by atoms with Gasteiger partial charge in [-0.1, -0.05) is 0 Å². The molecule has 0 saturated heterocycles. The molecule has 0 atom stereocenters. The van der Waals surface area contributed by atoms with Gasteiger partial charge in [0, 0.05) is 17.3 Å². The van der Waals surface area contributed by atoms with Crippen LogP contribution in [-0.2, 0) is 20.2 Å². The summed E-state index contributed by atoms with van der Waals surface area (Å²) in [4.78, 5) is 3.79. The summed E-state index contributed by atoms with van der Waals surface area (Å²) in [5, 5.41) is 6.69. The van der Waals surface area contributed by atoms with Gasteiger partial charge in [-0.3, -0.25) is 9.44 Å². The van der Waals surface area contributed by atoms with E-state index in [4.69, 9.17) is 5.14 Å². The standard InChI is InChI=1S/C9H10N4O4S3/c10-20(16,17)12-7-1-3-8(4-2-7)19(14,15)13-9-11-5-6-18-9/h1-6,12H,(H,11,13)(H2,10,16,17). The molecule has 20 heavy (non-hydrogen) atoms. The third-order valence-electron chi connectivity index (χ3n) is 2.08. The maximum Gasteiger partial charge on any atom is 0.296 e. The molecular formula is C9H10N4O4S3. The van der Waals surface area contributed by atoms with Crippen LogP contribution in [0.15, 0.2) is 40.7 Å². The highest BCUT2D eigenvalue weighted by atomic mass is 32.2. The van der Waals surface area contributed by atoms with Crippen LogP contribution in [0.4, 0.5) is 10.8 Å². The van der Waals surface area contributed by atoms with E-state index in [0.717, 1.165) is 11.3 Å². The van der Waals surface area contributed by atoms with Gasteiger partial charge in [0.2, 0.25) is 0 Å². The highest BCUT2D eigenvalue weighted by Gasteiger charge is 2.15. The maximum absolute atomic E-state index is 12.0. The van der Waals surface area contributed by atoms with E-state index in [1.54, 1.807) is 5.38 Å². The first-order valence-corrected chi connectivity index (χ1v) is 9.00. The van der Waals surface area contributed by atoms with Gasteiger partial charge in [-0.05, 0) is 24.3 Å². The molecule has 0 saturated carbocycles. The molecule has 0 unspecified atom stereocenters. The Balaban J connectivity index is 2.21. The van der Waals surface area contributed by atoms with E-state index in [-0.39, 0.29) is 15.7 Å². The molecule has 0 bridgehead atoms. The fourth-order valence-corrected chi connectivity index (χ4v) is 3.57. The highest BCUT2D eigenvalue weighted by Crippen LogP contribution is 2.19. The van der Waals surface area contributed by atoms with Gasteiger partial charge in [0.25, 0.3) is 20.2 Å². The summed E-state index contributed by atoms with van der Waals surface area (Å²) in [6.07, 6.45) is 1.47. The molecule has 2 rings (SSSR count). The fourth-order valence-electron chi connectivity index (χ4n) is 1.31. The number of benzene rings is 1. The number of thiazole rings is 1. The van der Waals surface area contributed by atoms with Crippen molar-refractivity contribution in [2.45, 2.75) is 4.90 Å². The Bertz CT molecular complexity index is 782. The first-order chi connectivity index (χ1) is 9.26. The van der Waals surface area contributed by atoms with Crippen molar-refractivity contribution in [3.05, 3.63) is 35.8 Å². The van der Waals surface area contributed by atoms with Gasteiger partial charge in [-0.25, -0.2) is 18.5 Å². The van der Waals surface area contributed by atoms with Gasteiger partial charge in [-0.2, -0.15) is 8.42 Å². The molecule has 1 heterocycles. The number of nitrogens with one attached hydrogen (secondary N) is 2. The fraction of sp³-hybridized carbons (Fsp3) is 0. The zero-order chi connectivity index (χ0) is 14.8. The first-order valence-electron chi connectivity index (χ1n) is 5.09. The van der Waals surface area contributed by atoms with Gasteiger partial charge < -0.3 is 0 Å². The highest BCUT2D eigenvalue weighted by molar-refractivity contribution is 7.93. The summed E-state index contributed by atoms with van der Waals surface area (Å²) in [6.45, 7) is 0. The van der Waals surface area contributed by atoms with E-state index in [1.807, 2.05) is 4.72 Å². The van der Waals surface area contributed by atoms with Crippen LogP contribution < -0.4 is 14.6 Å². The van der Waals surface area contributed by atoms with E-state index in [2.05, 4.69) is 9.71 Å². The molecule has 0 radical (unpaired) electrons. The van der Waals surface area contributed by atoms with Gasteiger partial charge in [0.05, 0.1) is 4.90 Å². The number of rotatable bonds is 5. The Morgan fingerprint density at radius 1 is 1.05 bits per heavy atom. The van der Waals surface area contributed by atoms with Crippen molar-refractivity contribution in [2.24, 2.45) is 5.14 Å². The Morgan fingerprint density at radius 3 is 2.20 bits per heavy atom. The normalized spacial score (nSPS) is 12.1. The van der Waals surface area contributed by atoms with E-state index in [1.165, 1.54) is 30.5 Å². The van der Waals surface area contributed by atoms with Crippen LogP contribution in [0, 0.1) is 0 Å². The number of aromatic nitrogens is 1. The van der Waals surface area contributed by atoms with Crippen molar-refractivity contribution in [1.82, 2.24) is 4.98 Å². The topological polar surface area (TPSA) is 131 Å². The number of anilines is 2. The Kier molecular flexibility index (Phi) is 3.94. The van der Waals surface area contributed by atoms with Gasteiger partial charge in [0.15, 0.2) is 5.13 Å². The molecule has 0 aliphatic carbocycles. The Labute approximate surface area is 119 Å². The van der Waals surface area contributed by atoms with Crippen molar-refractivity contribution < 1.29 is 16.8 Å². The van der Waals surface area contributed by atoms with Crippen molar-refractivity contribution in [2.75, 3.05) is 9.44 Å². The minimum atomic E-state index is -3.89. The Morgan fingerprint density at radius 2 is 1.70 bits per heavy atom. The first kappa shape index (κ1) is 14.7. The minimum absolute atomic E-state index is 0.0207. The molecule has 0 aliphatic heterocycles. The predicted octanol–water partition coefficient (Wildman–Crippen LogP) is 0.559. The molecule has 11 heteroatoms. The van der Waals surface area contributed by atoms with E-state index in [0.29, 0.717) is 0 Å². The summed E-state index contributed by atoms with van der Waals surface area (Å²) < 4.78 is 50.0. The lowest BCUT2D eigenvalue weighted by atomic mass is 10.3. The molecular weight excluding hydrogens is 324 g/mol. The van der Waals surface area contributed by atoms with Crippen LogP contribution >= 0.6 is 11.3 Å². The van der Waals surface area contributed by atoms with Crippen LogP contribution in [0.2, 0.25) is 0 Å². The summed E-state index contributed by atoms with van der Waals surface area (Å²) in [7, 11) is -7.64. The summed E-state index contributed by atoms with van der Waals surface area (Å²) >= 11 is 1.15. The Hall–Kier alpha value is -1.69. The lowest BCUT2D eigenvalue weighted by Gasteiger charge is -2.07. The van der Waals surface area contributed by atoms with Crippen LogP contribution in [0.3, 0.4) is 0 Å². The van der Waals surface area contributed by atoms with Crippen molar-refractivity contribution in [3.63, 3.8) is 0 Å². The van der Waals surface area contributed by atoms with Crippen LogP contribution in [0.25, 0.3) is 0 Å². The van der Waals surface area contributed by atoms with Crippen molar-refractivity contribution >= 4 is 42.4 Å². The monoisotopic (exact) mass is 334 g/mol. The summed E-state index contributed by atoms with van der Waals surface area (Å²) in [6, 6.07) is 5.09. The SMILES string of the molecule is NS(=O)(=O)Nc1ccc(S(=O)(=O)Nc2nccs2)cc1. The van der Waals surface area contributed by atoms with Crippen LogP contribution in [0.1, 0.15) is 0 Å². The molecule has 0 amide bonds. The quantitative estimate of drug-likeness (QED) is 0.735. The summed E-state index contributed by atoms with van der Waals surface area (Å²) in [5.74, 6) is 0.